The molecule has 1 aliphatic rings. The van der Waals surface area contributed by atoms with Gasteiger partial charge in [0.2, 0.25) is 5.91 Å². The second-order valence-corrected chi connectivity index (χ2v) is 5.05. The van der Waals surface area contributed by atoms with Crippen molar-refractivity contribution in [1.82, 2.24) is 4.90 Å². The zero-order chi connectivity index (χ0) is 14.5. The van der Waals surface area contributed by atoms with Crippen molar-refractivity contribution in [3.05, 3.63) is 41.5 Å². The van der Waals surface area contributed by atoms with Gasteiger partial charge in [0.25, 0.3) is 0 Å². The fraction of sp³-hybridized carbons (Fsp3) is 0.375. The van der Waals surface area contributed by atoms with Crippen LogP contribution in [0.1, 0.15) is 25.0 Å². The molecule has 4 heteroatoms. The summed E-state index contributed by atoms with van der Waals surface area (Å²) in [5, 5.41) is 8.85. The van der Waals surface area contributed by atoms with Crippen molar-refractivity contribution in [2.24, 2.45) is 0 Å². The molecule has 1 amide bonds. The minimum absolute atomic E-state index is 0.0179. The summed E-state index contributed by atoms with van der Waals surface area (Å²) in [5.41, 5.74) is 1.44. The van der Waals surface area contributed by atoms with Crippen molar-refractivity contribution in [1.29, 1.82) is 5.26 Å². The molecule has 2 rings (SSSR count). The average molecular weight is 270 g/mol. The lowest BCUT2D eigenvalue weighted by Gasteiger charge is -2.38. The number of hydrogen-bond acceptors (Lipinski definition) is 3. The minimum atomic E-state index is -0.0179. The van der Waals surface area contributed by atoms with Crippen LogP contribution >= 0.6 is 0 Å². The maximum absolute atomic E-state index is 12.3. The number of ether oxygens (including phenoxy) is 1. The van der Waals surface area contributed by atoms with Gasteiger partial charge in [0.05, 0.1) is 36.9 Å². The molecule has 104 valence electrons. The first-order valence-corrected chi connectivity index (χ1v) is 6.70. The minimum Gasteiger partial charge on any atom is -0.377 e. The summed E-state index contributed by atoms with van der Waals surface area (Å²) >= 11 is 0. The Labute approximate surface area is 119 Å². The van der Waals surface area contributed by atoms with Crippen LogP contribution in [0, 0.1) is 11.3 Å². The highest BCUT2D eigenvalue weighted by atomic mass is 16.5. The van der Waals surface area contributed by atoms with E-state index in [1.807, 2.05) is 30.9 Å². The van der Waals surface area contributed by atoms with E-state index in [-0.39, 0.29) is 18.0 Å². The number of hydrogen-bond donors (Lipinski definition) is 0. The van der Waals surface area contributed by atoms with Crippen LogP contribution in [0.15, 0.2) is 30.3 Å². The van der Waals surface area contributed by atoms with E-state index < -0.39 is 0 Å². The molecule has 0 radical (unpaired) electrons. The van der Waals surface area contributed by atoms with Gasteiger partial charge in [-0.3, -0.25) is 4.79 Å². The second-order valence-electron chi connectivity index (χ2n) is 5.05. The Balaban J connectivity index is 2.10. The number of amides is 1. The maximum atomic E-state index is 12.3. The summed E-state index contributed by atoms with van der Waals surface area (Å²) in [6.07, 6.45) is 3.31. The molecule has 1 saturated heterocycles. The Morgan fingerprint density at radius 2 is 2.10 bits per heavy atom. The van der Waals surface area contributed by atoms with Gasteiger partial charge < -0.3 is 9.64 Å². The Bertz CT molecular complexity index is 550. The first kappa shape index (κ1) is 14.3. The first-order valence-electron chi connectivity index (χ1n) is 6.70. The molecule has 4 nitrogen and oxygen atoms in total. The van der Waals surface area contributed by atoms with Crippen LogP contribution in [0.4, 0.5) is 0 Å². The van der Waals surface area contributed by atoms with Crippen molar-refractivity contribution in [3.63, 3.8) is 0 Å². The summed E-state index contributed by atoms with van der Waals surface area (Å²) in [4.78, 5) is 14.1. The molecular weight excluding hydrogens is 252 g/mol. The van der Waals surface area contributed by atoms with Gasteiger partial charge in [0.15, 0.2) is 0 Å². The van der Waals surface area contributed by atoms with Crippen molar-refractivity contribution >= 4 is 12.0 Å². The topological polar surface area (TPSA) is 53.3 Å². The fourth-order valence-corrected chi connectivity index (χ4v) is 2.40. The van der Waals surface area contributed by atoms with Crippen LogP contribution in [-0.2, 0) is 9.53 Å². The molecule has 1 heterocycles. The van der Waals surface area contributed by atoms with Gasteiger partial charge >= 0.3 is 0 Å². The second kappa shape index (κ2) is 6.36. The van der Waals surface area contributed by atoms with E-state index in [2.05, 4.69) is 6.07 Å². The number of nitriles is 1. The number of carbonyl (C=O) groups is 1. The molecule has 0 bridgehead atoms. The number of rotatable bonds is 2. The third-order valence-electron chi connectivity index (χ3n) is 3.36. The molecule has 0 unspecified atom stereocenters. The van der Waals surface area contributed by atoms with Crippen LogP contribution in [0.3, 0.4) is 0 Å². The lowest BCUT2D eigenvalue weighted by molar-refractivity contribution is -0.138. The van der Waals surface area contributed by atoms with Gasteiger partial charge in [-0.15, -0.1) is 0 Å². The monoisotopic (exact) mass is 270 g/mol. The third kappa shape index (κ3) is 3.25. The van der Waals surface area contributed by atoms with Crippen molar-refractivity contribution in [2.75, 3.05) is 13.2 Å². The molecule has 0 saturated carbocycles. The molecule has 1 fully saturated rings. The van der Waals surface area contributed by atoms with Crippen LogP contribution in [0.5, 0.6) is 0 Å². The average Bonchev–Trinajstić information content (AvgIpc) is 2.45. The van der Waals surface area contributed by atoms with Crippen LogP contribution < -0.4 is 0 Å². The fourth-order valence-electron chi connectivity index (χ4n) is 2.40. The zero-order valence-electron chi connectivity index (χ0n) is 11.7. The Hall–Kier alpha value is -2.12. The summed E-state index contributed by atoms with van der Waals surface area (Å²) in [6, 6.07) is 9.44. The van der Waals surface area contributed by atoms with E-state index in [4.69, 9.17) is 10.00 Å². The smallest absolute Gasteiger partial charge is 0.247 e. The lowest BCUT2D eigenvalue weighted by atomic mass is 10.1. The third-order valence-corrected chi connectivity index (χ3v) is 3.36. The molecule has 1 aromatic carbocycles. The van der Waals surface area contributed by atoms with Gasteiger partial charge in [0.1, 0.15) is 0 Å². The molecule has 0 N–H and O–H groups in total. The maximum Gasteiger partial charge on any atom is 0.247 e. The van der Waals surface area contributed by atoms with E-state index >= 15 is 0 Å². The molecule has 1 aromatic rings. The van der Waals surface area contributed by atoms with Gasteiger partial charge in [-0.05, 0) is 37.6 Å². The zero-order valence-corrected chi connectivity index (χ0v) is 11.7. The summed E-state index contributed by atoms with van der Waals surface area (Å²) in [5.74, 6) is -0.0179. The van der Waals surface area contributed by atoms with Crippen molar-refractivity contribution in [2.45, 2.75) is 25.9 Å². The van der Waals surface area contributed by atoms with Gasteiger partial charge in [0, 0.05) is 6.08 Å². The van der Waals surface area contributed by atoms with Gasteiger partial charge in [-0.25, -0.2) is 0 Å². The Kier molecular flexibility index (Phi) is 4.54. The van der Waals surface area contributed by atoms with E-state index in [0.29, 0.717) is 18.8 Å². The van der Waals surface area contributed by atoms with E-state index in [9.17, 15) is 4.79 Å². The number of morpholine rings is 1. The molecular formula is C16H18N2O2. The van der Waals surface area contributed by atoms with E-state index in [1.165, 1.54) is 0 Å². The SMILES string of the molecule is C[C@@H]1COC[C@H](C)N1C(=O)/C=C/c1cccc(C#N)c1. The highest BCUT2D eigenvalue weighted by Gasteiger charge is 2.28. The van der Waals surface area contributed by atoms with Crippen LogP contribution in [0.2, 0.25) is 0 Å². The predicted molar refractivity (Wildman–Crippen MR) is 76.8 cm³/mol. The number of nitrogens with zero attached hydrogens (tertiary/aromatic N) is 2. The molecule has 20 heavy (non-hydrogen) atoms. The number of benzene rings is 1. The molecule has 0 aliphatic carbocycles. The molecule has 1 aliphatic heterocycles. The summed E-state index contributed by atoms with van der Waals surface area (Å²) in [7, 11) is 0. The largest absolute Gasteiger partial charge is 0.377 e. The number of carbonyl (C=O) groups excluding carboxylic acids is 1. The van der Waals surface area contributed by atoms with Crippen LogP contribution in [0.25, 0.3) is 6.08 Å². The van der Waals surface area contributed by atoms with Crippen molar-refractivity contribution < 1.29 is 9.53 Å². The Morgan fingerprint density at radius 3 is 2.75 bits per heavy atom. The Morgan fingerprint density at radius 1 is 1.40 bits per heavy atom. The van der Waals surface area contributed by atoms with E-state index in [0.717, 1.165) is 5.56 Å². The lowest BCUT2D eigenvalue weighted by Crippen LogP contribution is -2.51. The molecule has 0 spiro atoms. The first-order chi connectivity index (χ1) is 9.61. The quantitative estimate of drug-likeness (QED) is 0.774. The van der Waals surface area contributed by atoms with Gasteiger partial charge in [-0.1, -0.05) is 12.1 Å². The van der Waals surface area contributed by atoms with Crippen molar-refractivity contribution in [3.8, 4) is 6.07 Å². The highest BCUT2D eigenvalue weighted by Crippen LogP contribution is 2.14. The van der Waals surface area contributed by atoms with Crippen LogP contribution in [-0.4, -0.2) is 36.1 Å². The predicted octanol–water partition coefficient (Wildman–Crippen LogP) is 2.21. The molecule has 2 atom stereocenters. The highest BCUT2D eigenvalue weighted by molar-refractivity contribution is 5.92. The van der Waals surface area contributed by atoms with E-state index in [1.54, 1.807) is 24.3 Å². The summed E-state index contributed by atoms with van der Waals surface area (Å²) < 4.78 is 5.41. The molecule has 0 aromatic heterocycles. The summed E-state index contributed by atoms with van der Waals surface area (Å²) in [6.45, 7) is 5.12. The standard InChI is InChI=1S/C16H18N2O2/c1-12-10-20-11-13(2)18(12)16(19)7-6-14-4-3-5-15(8-14)9-17/h3-8,12-13H,10-11H2,1-2H3/b7-6+/t12-,13+. The normalized spacial score (nSPS) is 22.8. The van der Waals surface area contributed by atoms with Gasteiger partial charge in [-0.2, -0.15) is 5.26 Å².